The average Bonchev–Trinajstić information content (AvgIpc) is 2.39. The highest BCUT2D eigenvalue weighted by molar-refractivity contribution is 9.10. The van der Waals surface area contributed by atoms with Crippen LogP contribution in [0.2, 0.25) is 0 Å². The molecule has 18 heavy (non-hydrogen) atoms. The minimum atomic E-state index is -3.47. The third-order valence-corrected chi connectivity index (χ3v) is 5.28. The summed E-state index contributed by atoms with van der Waals surface area (Å²) in [6.07, 6.45) is 0. The molecule has 2 aromatic rings. The molecule has 94 valence electrons. The van der Waals surface area contributed by atoms with Gasteiger partial charge in [0.1, 0.15) is 0 Å². The van der Waals surface area contributed by atoms with Gasteiger partial charge in [-0.15, -0.1) is 4.13 Å². The van der Waals surface area contributed by atoms with E-state index in [0.29, 0.717) is 0 Å². The molecule has 0 radical (unpaired) electrons. The SMILES string of the molecule is O=S(=O)(NSc1ccc(Br)cc1)c1ccccc1. The van der Waals surface area contributed by atoms with Crippen LogP contribution in [0.15, 0.2) is 68.9 Å². The molecule has 0 amide bonds. The minimum Gasteiger partial charge on any atom is -0.206 e. The molecule has 0 aliphatic rings. The van der Waals surface area contributed by atoms with Crippen molar-refractivity contribution in [3.63, 3.8) is 0 Å². The first kappa shape index (κ1) is 13.6. The lowest BCUT2D eigenvalue weighted by molar-refractivity contribution is 0.594. The van der Waals surface area contributed by atoms with Crippen LogP contribution in [0.1, 0.15) is 0 Å². The normalized spacial score (nSPS) is 11.4. The lowest BCUT2D eigenvalue weighted by atomic mass is 10.4. The fourth-order valence-electron chi connectivity index (χ4n) is 1.25. The second-order valence-corrected chi connectivity index (χ2v) is 7.19. The quantitative estimate of drug-likeness (QED) is 0.865. The van der Waals surface area contributed by atoms with E-state index in [9.17, 15) is 8.42 Å². The van der Waals surface area contributed by atoms with E-state index in [0.717, 1.165) is 21.3 Å². The summed E-state index contributed by atoms with van der Waals surface area (Å²) in [7, 11) is -3.47. The van der Waals surface area contributed by atoms with Gasteiger partial charge in [0.05, 0.1) is 4.90 Å². The molecule has 0 saturated heterocycles. The van der Waals surface area contributed by atoms with E-state index >= 15 is 0 Å². The molecule has 0 bridgehead atoms. The van der Waals surface area contributed by atoms with Crippen LogP contribution in [0.5, 0.6) is 0 Å². The number of halogens is 1. The van der Waals surface area contributed by atoms with Crippen molar-refractivity contribution >= 4 is 37.9 Å². The highest BCUT2D eigenvalue weighted by Crippen LogP contribution is 2.20. The van der Waals surface area contributed by atoms with Crippen LogP contribution >= 0.6 is 27.9 Å². The maximum absolute atomic E-state index is 11.9. The Morgan fingerprint density at radius 1 is 0.944 bits per heavy atom. The van der Waals surface area contributed by atoms with Crippen LogP contribution in [-0.4, -0.2) is 8.42 Å². The van der Waals surface area contributed by atoms with Crippen molar-refractivity contribution in [3.8, 4) is 0 Å². The molecule has 0 saturated carbocycles. The highest BCUT2D eigenvalue weighted by atomic mass is 79.9. The van der Waals surface area contributed by atoms with E-state index in [2.05, 4.69) is 20.1 Å². The first-order valence-corrected chi connectivity index (χ1v) is 8.16. The van der Waals surface area contributed by atoms with E-state index < -0.39 is 10.0 Å². The van der Waals surface area contributed by atoms with Gasteiger partial charge in [0, 0.05) is 9.37 Å². The Hall–Kier alpha value is -0.820. The van der Waals surface area contributed by atoms with Crippen molar-refractivity contribution in [2.75, 3.05) is 0 Å². The number of sulfonamides is 1. The topological polar surface area (TPSA) is 46.2 Å². The number of hydrogen-bond donors (Lipinski definition) is 1. The molecule has 1 N–H and O–H groups in total. The molecule has 2 aromatic carbocycles. The smallest absolute Gasteiger partial charge is 0.206 e. The van der Waals surface area contributed by atoms with Crippen molar-refractivity contribution in [3.05, 3.63) is 59.1 Å². The minimum absolute atomic E-state index is 0.259. The van der Waals surface area contributed by atoms with E-state index in [-0.39, 0.29) is 4.90 Å². The van der Waals surface area contributed by atoms with Gasteiger partial charge in [0.25, 0.3) is 0 Å². The molecule has 0 heterocycles. The van der Waals surface area contributed by atoms with Crippen LogP contribution in [-0.2, 0) is 10.0 Å². The Bertz CT molecular complexity index is 612. The molecule has 0 atom stereocenters. The first-order valence-electron chi connectivity index (χ1n) is 5.07. The van der Waals surface area contributed by atoms with Gasteiger partial charge in [-0.2, -0.15) is 0 Å². The van der Waals surface area contributed by atoms with Crippen molar-refractivity contribution < 1.29 is 8.42 Å². The zero-order valence-electron chi connectivity index (χ0n) is 9.21. The zero-order valence-corrected chi connectivity index (χ0v) is 12.4. The van der Waals surface area contributed by atoms with E-state index in [1.54, 1.807) is 30.3 Å². The largest absolute Gasteiger partial charge is 0.250 e. The lowest BCUT2D eigenvalue weighted by Crippen LogP contribution is -2.16. The maximum Gasteiger partial charge on any atom is 0.250 e. The maximum atomic E-state index is 11.9. The fourth-order valence-corrected chi connectivity index (χ4v) is 3.51. The van der Waals surface area contributed by atoms with Gasteiger partial charge < -0.3 is 0 Å². The van der Waals surface area contributed by atoms with Crippen molar-refractivity contribution in [2.24, 2.45) is 0 Å². The summed E-state index contributed by atoms with van der Waals surface area (Å²) < 4.78 is 27.3. The standard InChI is InChI=1S/C12H10BrNO2S2/c13-10-6-8-11(9-7-10)17-14-18(15,16)12-4-2-1-3-5-12/h1-9,14H. The average molecular weight is 344 g/mol. The molecule has 0 unspecified atom stereocenters. The first-order chi connectivity index (χ1) is 8.58. The van der Waals surface area contributed by atoms with Gasteiger partial charge >= 0.3 is 0 Å². The van der Waals surface area contributed by atoms with Crippen molar-refractivity contribution in [2.45, 2.75) is 9.79 Å². The number of hydrogen-bond acceptors (Lipinski definition) is 3. The van der Waals surface area contributed by atoms with Crippen LogP contribution < -0.4 is 4.13 Å². The van der Waals surface area contributed by atoms with Crippen molar-refractivity contribution in [1.82, 2.24) is 4.13 Å². The third-order valence-electron chi connectivity index (χ3n) is 2.14. The summed E-state index contributed by atoms with van der Waals surface area (Å²) in [5, 5.41) is 0. The molecule has 2 rings (SSSR count). The van der Waals surface area contributed by atoms with E-state index in [1.807, 2.05) is 24.3 Å². The van der Waals surface area contributed by atoms with Gasteiger partial charge in [-0.1, -0.05) is 34.1 Å². The summed E-state index contributed by atoms with van der Waals surface area (Å²) in [4.78, 5) is 1.09. The van der Waals surface area contributed by atoms with Gasteiger partial charge in [0.2, 0.25) is 10.0 Å². The monoisotopic (exact) mass is 343 g/mol. The molecular weight excluding hydrogens is 334 g/mol. The summed E-state index contributed by atoms with van der Waals surface area (Å²) in [6.45, 7) is 0. The molecule has 0 aromatic heterocycles. The van der Waals surface area contributed by atoms with Gasteiger partial charge in [0.15, 0.2) is 0 Å². The molecule has 3 nitrogen and oxygen atoms in total. The fraction of sp³-hybridized carbons (Fsp3) is 0. The number of benzene rings is 2. The Morgan fingerprint density at radius 2 is 1.56 bits per heavy atom. The molecule has 0 spiro atoms. The Kier molecular flexibility index (Phi) is 4.45. The highest BCUT2D eigenvalue weighted by Gasteiger charge is 2.13. The number of rotatable bonds is 4. The third kappa shape index (κ3) is 3.58. The van der Waals surface area contributed by atoms with Crippen LogP contribution in [0, 0.1) is 0 Å². The van der Waals surface area contributed by atoms with E-state index in [4.69, 9.17) is 0 Å². The van der Waals surface area contributed by atoms with Crippen LogP contribution in [0.25, 0.3) is 0 Å². The summed E-state index contributed by atoms with van der Waals surface area (Å²) in [5.41, 5.74) is 0. The van der Waals surface area contributed by atoms with Crippen molar-refractivity contribution in [1.29, 1.82) is 0 Å². The molecular formula is C12H10BrNO2S2. The molecule has 6 heteroatoms. The lowest BCUT2D eigenvalue weighted by Gasteiger charge is -2.05. The second kappa shape index (κ2) is 5.88. The molecule has 0 aliphatic carbocycles. The second-order valence-electron chi connectivity index (χ2n) is 3.46. The predicted molar refractivity (Wildman–Crippen MR) is 76.8 cm³/mol. The predicted octanol–water partition coefficient (Wildman–Crippen LogP) is 3.43. The summed E-state index contributed by atoms with van der Waals surface area (Å²) in [5.74, 6) is 0. The van der Waals surface area contributed by atoms with Crippen LogP contribution in [0.4, 0.5) is 0 Å². The number of nitrogens with one attached hydrogen (secondary N) is 1. The zero-order chi connectivity index (χ0) is 13.0. The summed E-state index contributed by atoms with van der Waals surface area (Å²) in [6, 6.07) is 15.7. The Morgan fingerprint density at radius 3 is 2.17 bits per heavy atom. The van der Waals surface area contributed by atoms with Gasteiger partial charge in [-0.3, -0.25) is 0 Å². The summed E-state index contributed by atoms with van der Waals surface area (Å²) >= 11 is 4.40. The van der Waals surface area contributed by atoms with Gasteiger partial charge in [-0.25, -0.2) is 8.42 Å². The van der Waals surface area contributed by atoms with E-state index in [1.165, 1.54) is 0 Å². The Labute approximate surface area is 119 Å². The van der Waals surface area contributed by atoms with Crippen LogP contribution in [0.3, 0.4) is 0 Å². The molecule has 0 aliphatic heterocycles. The van der Waals surface area contributed by atoms with Gasteiger partial charge in [-0.05, 0) is 48.3 Å². The Balaban J connectivity index is 2.08. The molecule has 0 fully saturated rings.